The zero-order valence-electron chi connectivity index (χ0n) is 23.1. The number of benzene rings is 1. The topological polar surface area (TPSA) is 133 Å². The van der Waals surface area contributed by atoms with Crippen molar-refractivity contribution in [1.82, 2.24) is 15.8 Å². The minimum Gasteiger partial charge on any atom is -0.493 e. The second-order valence-corrected chi connectivity index (χ2v) is 9.05. The monoisotopic (exact) mass is 506 g/mol. The van der Waals surface area contributed by atoms with E-state index in [2.05, 4.69) is 29.9 Å². The highest BCUT2D eigenvalue weighted by Gasteiger charge is 2.17. The number of rotatable bonds is 20. The first-order chi connectivity index (χ1) is 17.3. The van der Waals surface area contributed by atoms with Gasteiger partial charge < -0.3 is 31.3 Å². The maximum absolute atomic E-state index is 6.31. The van der Waals surface area contributed by atoms with Crippen LogP contribution in [0.1, 0.15) is 82.4 Å². The number of hydrazine groups is 1. The fraction of sp³-hybridized carbons (Fsp3) is 0.630. The minimum absolute atomic E-state index is 0.149. The maximum atomic E-state index is 6.31. The van der Waals surface area contributed by atoms with Crippen LogP contribution in [0.3, 0.4) is 0 Å². The molecule has 0 spiro atoms. The lowest BCUT2D eigenvalue weighted by molar-refractivity contribution is -0.00284. The molecule has 9 heteroatoms. The van der Waals surface area contributed by atoms with Crippen LogP contribution in [-0.4, -0.2) is 39.4 Å². The number of ether oxygens (including phenoxy) is 2. The van der Waals surface area contributed by atoms with Gasteiger partial charge in [-0.3, -0.25) is 4.84 Å². The van der Waals surface area contributed by atoms with Gasteiger partial charge in [-0.1, -0.05) is 13.3 Å². The lowest BCUT2D eigenvalue weighted by Gasteiger charge is -2.21. The number of hydrogen-bond acceptors (Lipinski definition) is 9. The molecule has 0 saturated heterocycles. The van der Waals surface area contributed by atoms with Gasteiger partial charge >= 0.3 is 0 Å². The Labute approximate surface area is 218 Å². The van der Waals surface area contributed by atoms with Crippen LogP contribution in [0.15, 0.2) is 35.9 Å². The Morgan fingerprint density at radius 3 is 2.06 bits per heavy atom. The number of hydrogen-bond donors (Lipinski definition) is 5. The van der Waals surface area contributed by atoms with Crippen LogP contribution in [0.25, 0.3) is 0 Å². The average Bonchev–Trinajstić information content (AvgIpc) is 2.82. The van der Waals surface area contributed by atoms with E-state index in [0.717, 1.165) is 91.8 Å². The first-order valence-electron chi connectivity index (χ1n) is 13.1. The van der Waals surface area contributed by atoms with Crippen LogP contribution in [0.2, 0.25) is 0 Å². The van der Waals surface area contributed by atoms with Crippen LogP contribution >= 0.6 is 0 Å². The Bertz CT molecular complexity index is 798. The van der Waals surface area contributed by atoms with Crippen molar-refractivity contribution in [3.05, 3.63) is 47.1 Å². The van der Waals surface area contributed by atoms with Gasteiger partial charge in [-0.15, -0.1) is 0 Å². The summed E-state index contributed by atoms with van der Waals surface area (Å²) in [6.45, 7) is 5.42. The lowest BCUT2D eigenvalue weighted by Crippen LogP contribution is -2.20. The van der Waals surface area contributed by atoms with Crippen molar-refractivity contribution in [3.8, 4) is 11.5 Å². The van der Waals surface area contributed by atoms with Crippen molar-refractivity contribution in [2.24, 2.45) is 17.3 Å². The quantitative estimate of drug-likeness (QED) is 0.101. The summed E-state index contributed by atoms with van der Waals surface area (Å²) in [6.07, 6.45) is 11.8. The van der Waals surface area contributed by atoms with Crippen molar-refractivity contribution in [2.75, 3.05) is 34.4 Å². The summed E-state index contributed by atoms with van der Waals surface area (Å²) >= 11 is 0. The first-order valence-corrected chi connectivity index (χ1v) is 13.1. The molecule has 0 aliphatic rings. The summed E-state index contributed by atoms with van der Waals surface area (Å²) < 4.78 is 12.6. The molecule has 9 nitrogen and oxygen atoms in total. The van der Waals surface area contributed by atoms with E-state index in [1.165, 1.54) is 5.01 Å². The third-order valence-electron chi connectivity index (χ3n) is 5.67. The predicted octanol–water partition coefficient (Wildman–Crippen LogP) is 3.96. The number of nitrogens with zero attached hydrogens (tertiary/aromatic N) is 1. The second-order valence-electron chi connectivity index (χ2n) is 9.05. The van der Waals surface area contributed by atoms with E-state index in [4.69, 9.17) is 31.6 Å². The summed E-state index contributed by atoms with van der Waals surface area (Å²) in [4.78, 5) is 5.63. The van der Waals surface area contributed by atoms with E-state index in [0.29, 0.717) is 13.2 Å². The van der Waals surface area contributed by atoms with E-state index >= 15 is 0 Å². The van der Waals surface area contributed by atoms with Gasteiger partial charge in [0.2, 0.25) is 0 Å². The number of nitrogens with one attached hydrogen (secondary N) is 2. The summed E-state index contributed by atoms with van der Waals surface area (Å²) in [7, 11) is 5.37. The molecule has 0 aliphatic heterocycles. The molecule has 206 valence electrons. The predicted molar refractivity (Wildman–Crippen MR) is 148 cm³/mol. The molecule has 0 fully saturated rings. The fourth-order valence-electron chi connectivity index (χ4n) is 3.79. The smallest absolute Gasteiger partial charge is 0.126 e. The summed E-state index contributed by atoms with van der Waals surface area (Å²) in [5.74, 6) is 7.37. The van der Waals surface area contributed by atoms with Crippen molar-refractivity contribution in [2.45, 2.75) is 77.7 Å². The summed E-state index contributed by atoms with van der Waals surface area (Å²) in [5.41, 5.74) is 18.5. The SMILES string of the molecule is CCCCc1c(OCCCC/C(N)=C/NC)cc(C(C)ONC)cc1OCCCC/C(N)=C/N(C)N. The van der Waals surface area contributed by atoms with Gasteiger partial charge in [0.25, 0.3) is 0 Å². The Kier molecular flexibility index (Phi) is 16.2. The largest absolute Gasteiger partial charge is 0.493 e. The van der Waals surface area contributed by atoms with E-state index in [1.54, 1.807) is 20.3 Å². The van der Waals surface area contributed by atoms with Crippen molar-refractivity contribution in [3.63, 3.8) is 0 Å². The third kappa shape index (κ3) is 12.9. The van der Waals surface area contributed by atoms with E-state index < -0.39 is 0 Å². The lowest BCUT2D eigenvalue weighted by atomic mass is 10.0. The summed E-state index contributed by atoms with van der Waals surface area (Å²) in [6, 6.07) is 4.17. The zero-order valence-corrected chi connectivity index (χ0v) is 23.1. The van der Waals surface area contributed by atoms with Crippen LogP contribution in [0.4, 0.5) is 0 Å². The number of allylic oxidation sites excluding steroid dienone is 2. The Morgan fingerprint density at radius 2 is 1.56 bits per heavy atom. The van der Waals surface area contributed by atoms with Crippen LogP contribution < -0.4 is 37.6 Å². The molecule has 8 N–H and O–H groups in total. The number of unbranched alkanes of at least 4 members (excludes halogenated alkanes) is 3. The molecule has 1 aromatic carbocycles. The minimum atomic E-state index is -0.149. The van der Waals surface area contributed by atoms with Gasteiger partial charge in [0, 0.05) is 50.5 Å². The molecular formula is C27H50N6O3. The molecule has 36 heavy (non-hydrogen) atoms. The van der Waals surface area contributed by atoms with Crippen LogP contribution in [0, 0.1) is 0 Å². The molecule has 0 aromatic heterocycles. The highest BCUT2D eigenvalue weighted by Crippen LogP contribution is 2.35. The molecule has 1 rings (SSSR count). The molecule has 0 bridgehead atoms. The van der Waals surface area contributed by atoms with E-state index in [-0.39, 0.29) is 6.10 Å². The van der Waals surface area contributed by atoms with Crippen LogP contribution in [0.5, 0.6) is 11.5 Å². The Morgan fingerprint density at radius 1 is 0.972 bits per heavy atom. The van der Waals surface area contributed by atoms with E-state index in [9.17, 15) is 0 Å². The normalized spacial score (nSPS) is 12.9. The Balaban J connectivity index is 2.94. The zero-order chi connectivity index (χ0) is 26.8. The fourth-order valence-corrected chi connectivity index (χ4v) is 3.79. The molecule has 0 aliphatic carbocycles. The molecule has 0 radical (unpaired) electrons. The molecule has 1 unspecified atom stereocenters. The molecule has 1 atom stereocenters. The van der Waals surface area contributed by atoms with Crippen molar-refractivity contribution >= 4 is 0 Å². The summed E-state index contributed by atoms with van der Waals surface area (Å²) in [5, 5.41) is 4.44. The highest BCUT2D eigenvalue weighted by molar-refractivity contribution is 5.49. The molecule has 0 heterocycles. The molecule has 0 amide bonds. The van der Waals surface area contributed by atoms with Crippen LogP contribution in [-0.2, 0) is 11.3 Å². The average molecular weight is 507 g/mol. The van der Waals surface area contributed by atoms with Crippen molar-refractivity contribution < 1.29 is 14.3 Å². The van der Waals surface area contributed by atoms with Gasteiger partial charge in [-0.05, 0) is 76.0 Å². The van der Waals surface area contributed by atoms with Gasteiger partial charge in [-0.25, -0.2) is 11.3 Å². The van der Waals surface area contributed by atoms with Gasteiger partial charge in [-0.2, -0.15) is 0 Å². The molecular weight excluding hydrogens is 456 g/mol. The second kappa shape index (κ2) is 18.6. The third-order valence-corrected chi connectivity index (χ3v) is 5.67. The molecule has 1 aromatic rings. The molecule has 0 saturated carbocycles. The maximum Gasteiger partial charge on any atom is 0.126 e. The first kappa shape index (κ1) is 31.4. The standard InChI is InChI=1S/C27H50N6O3/c1-6-7-14-25-26(34-15-10-8-12-23(28)19-31-3)17-22(21(2)36-32-4)18-27(25)35-16-11-9-13-24(29)20-33(5)30/h17-21,31-32H,6-16,28-30H2,1-5H3/b23-19-,24-20-. The Hall–Kier alpha value is -2.62. The van der Waals surface area contributed by atoms with Gasteiger partial charge in [0.05, 0.1) is 13.2 Å². The van der Waals surface area contributed by atoms with E-state index in [1.807, 2.05) is 20.2 Å². The van der Waals surface area contributed by atoms with Gasteiger partial charge in [0.15, 0.2) is 0 Å². The number of nitrogens with two attached hydrogens (primary N) is 3. The van der Waals surface area contributed by atoms with Gasteiger partial charge in [0.1, 0.15) is 17.6 Å². The number of hydroxylamine groups is 1. The van der Waals surface area contributed by atoms with Crippen molar-refractivity contribution in [1.29, 1.82) is 0 Å². The highest BCUT2D eigenvalue weighted by atomic mass is 16.7.